The van der Waals surface area contributed by atoms with Crippen molar-refractivity contribution in [3.63, 3.8) is 0 Å². The van der Waals surface area contributed by atoms with Crippen LogP contribution in [0.4, 0.5) is 10.9 Å². The lowest BCUT2D eigenvalue weighted by molar-refractivity contribution is -0.131. The van der Waals surface area contributed by atoms with Crippen LogP contribution in [-0.4, -0.2) is 58.1 Å². The lowest BCUT2D eigenvalue weighted by Crippen LogP contribution is -2.48. The number of hydrogen-bond acceptors (Lipinski definition) is 7. The maximum absolute atomic E-state index is 12.1. The first-order valence-electron chi connectivity index (χ1n) is 7.73. The number of pyridine rings is 1. The van der Waals surface area contributed by atoms with E-state index in [1.807, 2.05) is 17.9 Å². The van der Waals surface area contributed by atoms with E-state index in [0.29, 0.717) is 30.2 Å². The Balaban J connectivity index is 1.59. The molecule has 2 amide bonds. The van der Waals surface area contributed by atoms with E-state index in [1.54, 1.807) is 17.8 Å². The molecule has 3 heterocycles. The smallest absolute Gasteiger partial charge is 0.259 e. The van der Waals surface area contributed by atoms with Gasteiger partial charge in [-0.15, -0.1) is 10.2 Å². The van der Waals surface area contributed by atoms with Gasteiger partial charge in [-0.25, -0.2) is 4.98 Å². The summed E-state index contributed by atoms with van der Waals surface area (Å²) in [7, 11) is 0. The molecule has 0 radical (unpaired) electrons. The Morgan fingerprint density at radius 2 is 2.04 bits per heavy atom. The Morgan fingerprint density at radius 1 is 1.25 bits per heavy atom. The van der Waals surface area contributed by atoms with Gasteiger partial charge in [-0.3, -0.25) is 14.9 Å². The van der Waals surface area contributed by atoms with Crippen molar-refractivity contribution in [2.45, 2.75) is 13.3 Å². The average molecular weight is 346 g/mol. The van der Waals surface area contributed by atoms with Gasteiger partial charge in [-0.2, -0.15) is 0 Å². The highest BCUT2D eigenvalue weighted by molar-refractivity contribution is 7.13. The third-order valence-electron chi connectivity index (χ3n) is 3.85. The number of rotatable bonds is 4. The Hall–Kier alpha value is -2.55. The lowest BCUT2D eigenvalue weighted by atomic mass is 10.2. The lowest BCUT2D eigenvalue weighted by Gasteiger charge is -2.35. The fourth-order valence-electron chi connectivity index (χ4n) is 2.51. The fourth-order valence-corrected chi connectivity index (χ4v) is 2.95. The molecule has 8 nitrogen and oxygen atoms in total. The van der Waals surface area contributed by atoms with E-state index in [0.717, 1.165) is 18.9 Å². The first kappa shape index (κ1) is 16.3. The van der Waals surface area contributed by atoms with Crippen LogP contribution >= 0.6 is 11.3 Å². The molecule has 24 heavy (non-hydrogen) atoms. The molecule has 1 saturated heterocycles. The molecule has 1 N–H and O–H groups in total. The Labute approximate surface area is 143 Å². The molecule has 1 aliphatic rings. The van der Waals surface area contributed by atoms with Gasteiger partial charge in [0.2, 0.25) is 11.0 Å². The van der Waals surface area contributed by atoms with Crippen LogP contribution in [0.3, 0.4) is 0 Å². The van der Waals surface area contributed by atoms with Gasteiger partial charge in [0.1, 0.15) is 11.3 Å². The fraction of sp³-hybridized carbons (Fsp3) is 0.400. The largest absolute Gasteiger partial charge is 0.353 e. The summed E-state index contributed by atoms with van der Waals surface area (Å²) in [5.41, 5.74) is 2.02. The average Bonchev–Trinajstić information content (AvgIpc) is 3.14. The van der Waals surface area contributed by atoms with E-state index in [1.165, 1.54) is 11.3 Å². The van der Waals surface area contributed by atoms with Gasteiger partial charge in [0.25, 0.3) is 5.91 Å². The Bertz CT molecular complexity index is 695. The maximum Gasteiger partial charge on any atom is 0.259 e. The van der Waals surface area contributed by atoms with Crippen molar-refractivity contribution in [3.8, 4) is 0 Å². The Kier molecular flexibility index (Phi) is 4.99. The second kappa shape index (κ2) is 7.35. The molecule has 0 unspecified atom stereocenters. The molecule has 0 saturated carbocycles. The van der Waals surface area contributed by atoms with Crippen molar-refractivity contribution in [2.24, 2.45) is 0 Å². The molecule has 126 valence electrons. The van der Waals surface area contributed by atoms with Crippen LogP contribution in [0.2, 0.25) is 0 Å². The highest BCUT2D eigenvalue weighted by atomic mass is 32.1. The normalized spacial score (nSPS) is 14.5. The zero-order chi connectivity index (χ0) is 16.9. The molecule has 0 bridgehead atoms. The quantitative estimate of drug-likeness (QED) is 0.896. The third kappa shape index (κ3) is 3.67. The van der Waals surface area contributed by atoms with Crippen LogP contribution < -0.4 is 10.2 Å². The predicted octanol–water partition coefficient (Wildman–Crippen LogP) is 1.24. The number of aromatic nitrogens is 3. The van der Waals surface area contributed by atoms with Crippen LogP contribution in [-0.2, 0) is 4.79 Å². The maximum atomic E-state index is 12.1. The number of anilines is 2. The van der Waals surface area contributed by atoms with Crippen LogP contribution in [0.25, 0.3) is 0 Å². The predicted molar refractivity (Wildman–Crippen MR) is 91.2 cm³/mol. The second-order valence-electron chi connectivity index (χ2n) is 5.32. The van der Waals surface area contributed by atoms with Crippen molar-refractivity contribution in [1.29, 1.82) is 0 Å². The Morgan fingerprint density at radius 3 is 2.62 bits per heavy atom. The minimum atomic E-state index is -0.260. The van der Waals surface area contributed by atoms with Crippen molar-refractivity contribution in [1.82, 2.24) is 20.1 Å². The zero-order valence-corrected chi connectivity index (χ0v) is 14.1. The van der Waals surface area contributed by atoms with Gasteiger partial charge in [0.15, 0.2) is 0 Å². The number of piperazine rings is 1. The number of amides is 2. The summed E-state index contributed by atoms with van der Waals surface area (Å²) in [5.74, 6) is 0.738. The van der Waals surface area contributed by atoms with E-state index in [2.05, 4.69) is 25.4 Å². The standard InChI is InChI=1S/C15H18N6O2S/c1-2-13(22)21-7-5-20(6-8-21)12-4-3-11(9-16-12)14(23)18-15-19-17-10-24-15/h3-4,9-10H,2,5-8H2,1H3,(H,18,19,23). The molecule has 2 aromatic rings. The van der Waals surface area contributed by atoms with Gasteiger partial charge in [-0.05, 0) is 12.1 Å². The summed E-state index contributed by atoms with van der Waals surface area (Å²) in [6, 6.07) is 3.56. The second-order valence-corrected chi connectivity index (χ2v) is 6.16. The first-order chi connectivity index (χ1) is 11.7. The van der Waals surface area contributed by atoms with Crippen molar-refractivity contribution in [3.05, 3.63) is 29.4 Å². The molecule has 3 rings (SSSR count). The molecule has 0 spiro atoms. The number of carbonyl (C=O) groups is 2. The van der Waals surface area contributed by atoms with E-state index in [9.17, 15) is 9.59 Å². The molecule has 2 aromatic heterocycles. The topological polar surface area (TPSA) is 91.3 Å². The molecular weight excluding hydrogens is 328 g/mol. The van der Waals surface area contributed by atoms with Gasteiger partial charge < -0.3 is 9.80 Å². The summed E-state index contributed by atoms with van der Waals surface area (Å²) in [4.78, 5) is 32.1. The van der Waals surface area contributed by atoms with Crippen molar-refractivity contribution in [2.75, 3.05) is 36.4 Å². The number of carbonyl (C=O) groups excluding carboxylic acids is 2. The van der Waals surface area contributed by atoms with E-state index >= 15 is 0 Å². The SMILES string of the molecule is CCC(=O)N1CCN(c2ccc(C(=O)Nc3nncs3)cn2)CC1. The summed E-state index contributed by atoms with van der Waals surface area (Å²) in [6.07, 6.45) is 2.09. The van der Waals surface area contributed by atoms with Gasteiger partial charge in [0, 0.05) is 38.8 Å². The summed E-state index contributed by atoms with van der Waals surface area (Å²) in [5, 5.41) is 10.6. The molecule has 1 aliphatic heterocycles. The monoisotopic (exact) mass is 346 g/mol. The molecule has 0 aromatic carbocycles. The van der Waals surface area contributed by atoms with Crippen LogP contribution in [0.15, 0.2) is 23.8 Å². The summed E-state index contributed by atoms with van der Waals surface area (Å²) in [6.45, 7) is 4.77. The van der Waals surface area contributed by atoms with Crippen molar-refractivity contribution >= 4 is 34.1 Å². The molecule has 9 heteroatoms. The highest BCUT2D eigenvalue weighted by Crippen LogP contribution is 2.16. The van der Waals surface area contributed by atoms with E-state index in [-0.39, 0.29) is 11.8 Å². The molecular formula is C15H18N6O2S. The molecule has 1 fully saturated rings. The minimum Gasteiger partial charge on any atom is -0.353 e. The van der Waals surface area contributed by atoms with Crippen molar-refractivity contribution < 1.29 is 9.59 Å². The van der Waals surface area contributed by atoms with Crippen LogP contribution in [0, 0.1) is 0 Å². The van der Waals surface area contributed by atoms with Crippen LogP contribution in [0.1, 0.15) is 23.7 Å². The third-order valence-corrected chi connectivity index (χ3v) is 4.46. The summed E-state index contributed by atoms with van der Waals surface area (Å²) < 4.78 is 0. The first-order valence-corrected chi connectivity index (χ1v) is 8.61. The number of nitrogens with one attached hydrogen (secondary N) is 1. The van der Waals surface area contributed by atoms with Crippen LogP contribution in [0.5, 0.6) is 0 Å². The number of nitrogens with zero attached hydrogens (tertiary/aromatic N) is 5. The molecule has 0 atom stereocenters. The summed E-state index contributed by atoms with van der Waals surface area (Å²) >= 11 is 1.26. The molecule has 0 aliphatic carbocycles. The van der Waals surface area contributed by atoms with Gasteiger partial charge in [-0.1, -0.05) is 18.3 Å². The minimum absolute atomic E-state index is 0.186. The van der Waals surface area contributed by atoms with E-state index in [4.69, 9.17) is 0 Å². The zero-order valence-electron chi connectivity index (χ0n) is 13.3. The highest BCUT2D eigenvalue weighted by Gasteiger charge is 2.21. The van der Waals surface area contributed by atoms with E-state index < -0.39 is 0 Å². The number of hydrogen-bond donors (Lipinski definition) is 1. The van der Waals surface area contributed by atoms with Gasteiger partial charge in [0.05, 0.1) is 5.56 Å². The van der Waals surface area contributed by atoms with Gasteiger partial charge >= 0.3 is 0 Å².